The molecule has 0 bridgehead atoms. The maximum atomic E-state index is 6.22. The first kappa shape index (κ1) is 11.9. The highest BCUT2D eigenvalue weighted by Gasteiger charge is 2.20. The Morgan fingerprint density at radius 3 is 3.11 bits per heavy atom. The van der Waals surface area contributed by atoms with Crippen LogP contribution in [-0.2, 0) is 6.42 Å². The van der Waals surface area contributed by atoms with E-state index in [1.807, 2.05) is 22.6 Å². The number of hydrogen-bond acceptors (Lipinski definition) is 3. The number of pyridine rings is 1. The van der Waals surface area contributed by atoms with Gasteiger partial charge in [0.15, 0.2) is 5.65 Å². The smallest absolute Gasteiger partial charge is 0.161 e. The molecule has 0 amide bonds. The summed E-state index contributed by atoms with van der Waals surface area (Å²) in [6.07, 6.45) is 3.49. The second-order valence-corrected chi connectivity index (χ2v) is 5.52. The zero-order chi connectivity index (χ0) is 12.5. The van der Waals surface area contributed by atoms with Gasteiger partial charge in [0.2, 0.25) is 0 Å². The molecule has 0 saturated carbocycles. The van der Waals surface area contributed by atoms with Crippen molar-refractivity contribution >= 4 is 17.2 Å². The number of halogens is 1. The quantitative estimate of drug-likeness (QED) is 0.781. The molecule has 2 aromatic rings. The van der Waals surface area contributed by atoms with Gasteiger partial charge >= 0.3 is 0 Å². The predicted octanol–water partition coefficient (Wildman–Crippen LogP) is 2.27. The van der Waals surface area contributed by atoms with Gasteiger partial charge in [-0.25, -0.2) is 0 Å². The minimum Gasteiger partial charge on any atom is -0.306 e. The third-order valence-corrected chi connectivity index (χ3v) is 3.94. The third kappa shape index (κ3) is 2.22. The molecule has 4 nitrogen and oxygen atoms in total. The van der Waals surface area contributed by atoms with Crippen molar-refractivity contribution in [3.05, 3.63) is 29.2 Å². The molecule has 3 rings (SSSR count). The molecule has 1 atom stereocenters. The van der Waals surface area contributed by atoms with Gasteiger partial charge in [0.05, 0.1) is 0 Å². The van der Waals surface area contributed by atoms with E-state index in [0.29, 0.717) is 11.1 Å². The van der Waals surface area contributed by atoms with Gasteiger partial charge < -0.3 is 4.90 Å². The van der Waals surface area contributed by atoms with Crippen molar-refractivity contribution in [2.24, 2.45) is 5.92 Å². The van der Waals surface area contributed by atoms with Crippen molar-refractivity contribution in [1.82, 2.24) is 19.5 Å². The lowest BCUT2D eigenvalue weighted by Crippen LogP contribution is -2.33. The average molecular weight is 265 g/mol. The Hall–Kier alpha value is -1.13. The molecule has 0 radical (unpaired) electrons. The third-order valence-electron chi connectivity index (χ3n) is 3.64. The molecule has 1 fully saturated rings. The first-order valence-electron chi connectivity index (χ1n) is 6.41. The number of nitrogens with zero attached hydrogens (tertiary/aromatic N) is 4. The fourth-order valence-corrected chi connectivity index (χ4v) is 3.05. The highest BCUT2D eigenvalue weighted by atomic mass is 35.5. The van der Waals surface area contributed by atoms with Gasteiger partial charge in [-0.2, -0.15) is 0 Å². The van der Waals surface area contributed by atoms with Crippen LogP contribution in [0.5, 0.6) is 0 Å². The van der Waals surface area contributed by atoms with Gasteiger partial charge in [-0.1, -0.05) is 17.7 Å². The molecule has 0 aliphatic carbocycles. The lowest BCUT2D eigenvalue weighted by molar-refractivity contribution is 0.207. The van der Waals surface area contributed by atoms with Crippen LogP contribution in [0, 0.1) is 5.92 Å². The number of piperidine rings is 1. The predicted molar refractivity (Wildman–Crippen MR) is 71.9 cm³/mol. The summed E-state index contributed by atoms with van der Waals surface area (Å²) < 4.78 is 1.95. The van der Waals surface area contributed by atoms with Crippen molar-refractivity contribution in [2.45, 2.75) is 19.3 Å². The average Bonchev–Trinajstić information content (AvgIpc) is 2.74. The van der Waals surface area contributed by atoms with Crippen LogP contribution in [0.15, 0.2) is 18.2 Å². The van der Waals surface area contributed by atoms with E-state index in [2.05, 4.69) is 22.1 Å². The van der Waals surface area contributed by atoms with Crippen molar-refractivity contribution in [3.8, 4) is 0 Å². The minimum atomic E-state index is 0.660. The summed E-state index contributed by atoms with van der Waals surface area (Å²) in [6, 6.07) is 5.73. The molecular formula is C13H17ClN4. The number of aromatic nitrogens is 3. The van der Waals surface area contributed by atoms with Crippen molar-refractivity contribution < 1.29 is 0 Å². The molecule has 18 heavy (non-hydrogen) atoms. The summed E-state index contributed by atoms with van der Waals surface area (Å²) >= 11 is 6.22. The van der Waals surface area contributed by atoms with E-state index in [1.165, 1.54) is 19.4 Å². The first-order chi connectivity index (χ1) is 8.74. The summed E-state index contributed by atoms with van der Waals surface area (Å²) in [4.78, 5) is 2.39. The summed E-state index contributed by atoms with van der Waals surface area (Å²) in [7, 11) is 2.18. The number of fused-ring (bicyclic) bond motifs is 1. The molecule has 0 N–H and O–H groups in total. The molecule has 1 aliphatic heterocycles. The number of rotatable bonds is 2. The largest absolute Gasteiger partial charge is 0.306 e. The normalized spacial score (nSPS) is 21.6. The summed E-state index contributed by atoms with van der Waals surface area (Å²) in [5.74, 6) is 1.64. The summed E-state index contributed by atoms with van der Waals surface area (Å²) in [5.41, 5.74) is 0.835. The van der Waals surface area contributed by atoms with Crippen molar-refractivity contribution in [2.75, 3.05) is 20.1 Å². The van der Waals surface area contributed by atoms with Crippen LogP contribution in [0.3, 0.4) is 0 Å². The van der Waals surface area contributed by atoms with E-state index in [9.17, 15) is 0 Å². The van der Waals surface area contributed by atoms with Crippen LogP contribution in [-0.4, -0.2) is 39.6 Å². The Balaban J connectivity index is 1.86. The monoisotopic (exact) mass is 264 g/mol. The summed E-state index contributed by atoms with van der Waals surface area (Å²) in [5, 5.41) is 9.16. The van der Waals surface area contributed by atoms with E-state index in [-0.39, 0.29) is 0 Å². The topological polar surface area (TPSA) is 33.4 Å². The second kappa shape index (κ2) is 4.86. The van der Waals surface area contributed by atoms with Crippen molar-refractivity contribution in [3.63, 3.8) is 0 Å². The molecule has 5 heteroatoms. The molecule has 96 valence electrons. The van der Waals surface area contributed by atoms with Crippen LogP contribution >= 0.6 is 11.6 Å². The number of likely N-dealkylation sites (tertiary alicyclic amines) is 1. The second-order valence-electron chi connectivity index (χ2n) is 5.13. The van der Waals surface area contributed by atoms with Crippen molar-refractivity contribution in [1.29, 1.82) is 0 Å². The van der Waals surface area contributed by atoms with Crippen LogP contribution in [0.4, 0.5) is 0 Å². The van der Waals surface area contributed by atoms with E-state index in [0.717, 1.165) is 24.4 Å². The maximum Gasteiger partial charge on any atom is 0.161 e. The van der Waals surface area contributed by atoms with Crippen LogP contribution in [0.2, 0.25) is 5.15 Å². The zero-order valence-corrected chi connectivity index (χ0v) is 11.3. The number of hydrogen-bond donors (Lipinski definition) is 0. The molecule has 1 aliphatic rings. The summed E-state index contributed by atoms with van der Waals surface area (Å²) in [6.45, 7) is 2.34. The van der Waals surface area contributed by atoms with Crippen LogP contribution < -0.4 is 0 Å². The first-order valence-corrected chi connectivity index (χ1v) is 6.79. The van der Waals surface area contributed by atoms with Gasteiger partial charge in [0, 0.05) is 13.0 Å². The molecular weight excluding hydrogens is 248 g/mol. The Morgan fingerprint density at radius 1 is 1.39 bits per heavy atom. The van der Waals surface area contributed by atoms with E-state index in [4.69, 9.17) is 11.6 Å². The minimum absolute atomic E-state index is 0.660. The van der Waals surface area contributed by atoms with Gasteiger partial charge in [-0.3, -0.25) is 4.40 Å². The maximum absolute atomic E-state index is 6.22. The Labute approximate surface area is 112 Å². The molecule has 0 spiro atoms. The zero-order valence-electron chi connectivity index (χ0n) is 10.5. The fourth-order valence-electron chi connectivity index (χ4n) is 2.79. The lowest BCUT2D eigenvalue weighted by Gasteiger charge is -2.29. The molecule has 1 saturated heterocycles. The molecule has 2 aromatic heterocycles. The van der Waals surface area contributed by atoms with Gasteiger partial charge in [0.25, 0.3) is 0 Å². The standard InChI is InChI=1S/C13H17ClN4/c1-17-7-3-4-10(9-17)8-13-16-15-12-6-2-5-11(14)18(12)13/h2,5-6,10H,3-4,7-9H2,1H3. The Bertz CT molecular complexity index is 551. The van der Waals surface area contributed by atoms with E-state index >= 15 is 0 Å². The van der Waals surface area contributed by atoms with Gasteiger partial charge in [-0.15, -0.1) is 10.2 Å². The Morgan fingerprint density at radius 2 is 2.28 bits per heavy atom. The van der Waals surface area contributed by atoms with Gasteiger partial charge in [-0.05, 0) is 44.5 Å². The van der Waals surface area contributed by atoms with E-state index < -0.39 is 0 Å². The molecule has 0 aromatic carbocycles. The van der Waals surface area contributed by atoms with Gasteiger partial charge in [0.1, 0.15) is 11.0 Å². The highest BCUT2D eigenvalue weighted by molar-refractivity contribution is 6.29. The van der Waals surface area contributed by atoms with Crippen LogP contribution in [0.25, 0.3) is 5.65 Å². The van der Waals surface area contributed by atoms with Crippen LogP contribution in [0.1, 0.15) is 18.7 Å². The molecule has 1 unspecified atom stereocenters. The Kier molecular flexibility index (Phi) is 3.22. The fraction of sp³-hybridized carbons (Fsp3) is 0.538. The molecule has 3 heterocycles. The van der Waals surface area contributed by atoms with E-state index in [1.54, 1.807) is 0 Å². The highest BCUT2D eigenvalue weighted by Crippen LogP contribution is 2.21. The SMILES string of the molecule is CN1CCCC(Cc2nnc3cccc(Cl)n23)C1. The lowest BCUT2D eigenvalue weighted by atomic mass is 9.95.